The molecule has 0 radical (unpaired) electrons. The van der Waals surface area contributed by atoms with Crippen molar-refractivity contribution < 1.29 is 19.2 Å². The molecule has 7 heteroatoms. The number of hydrogen-bond donors (Lipinski definition) is 0. The highest BCUT2D eigenvalue weighted by Gasteiger charge is 2.23. The molecule has 0 saturated carbocycles. The van der Waals surface area contributed by atoms with Crippen LogP contribution in [-0.4, -0.2) is 24.1 Å². The van der Waals surface area contributed by atoms with Crippen LogP contribution in [0.3, 0.4) is 0 Å². The van der Waals surface area contributed by atoms with Crippen molar-refractivity contribution in [2.75, 3.05) is 7.11 Å². The highest BCUT2D eigenvalue weighted by Crippen LogP contribution is 2.30. The zero-order valence-electron chi connectivity index (χ0n) is 9.46. The van der Waals surface area contributed by atoms with Gasteiger partial charge in [-0.3, -0.25) is 10.1 Å². The minimum Gasteiger partial charge on any atom is -0.467 e. The number of carbonyl (C=O) groups excluding carboxylic acids is 1. The summed E-state index contributed by atoms with van der Waals surface area (Å²) >= 11 is 5.65. The first-order valence-electron chi connectivity index (χ1n) is 4.80. The highest BCUT2D eigenvalue weighted by atomic mass is 35.5. The Bertz CT molecular complexity index is 488. The lowest BCUT2D eigenvalue weighted by Gasteiger charge is -2.13. The van der Waals surface area contributed by atoms with Crippen molar-refractivity contribution in [1.29, 1.82) is 0 Å². The zero-order chi connectivity index (χ0) is 13.7. The minimum absolute atomic E-state index is 0.0836. The second-order valence-electron chi connectivity index (χ2n) is 3.17. The predicted octanol–water partition coefficient (Wildman–Crippen LogP) is 2.35. The molecule has 0 saturated heterocycles. The number of nitro groups is 1. The quantitative estimate of drug-likeness (QED) is 0.355. The van der Waals surface area contributed by atoms with Gasteiger partial charge in [-0.2, -0.15) is 0 Å². The SMILES string of the molecule is C=CC(Oc1ccc(Cl)cc1[N+](=O)[O-])C(=O)OC. The van der Waals surface area contributed by atoms with Crippen LogP contribution in [0.5, 0.6) is 5.75 Å². The van der Waals surface area contributed by atoms with Crippen molar-refractivity contribution in [3.05, 3.63) is 46.0 Å². The van der Waals surface area contributed by atoms with Gasteiger partial charge in [0.25, 0.3) is 0 Å². The van der Waals surface area contributed by atoms with E-state index < -0.39 is 17.0 Å². The summed E-state index contributed by atoms with van der Waals surface area (Å²) in [6, 6.07) is 3.86. The fourth-order valence-corrected chi connectivity index (χ4v) is 1.34. The Hall–Kier alpha value is -2.08. The van der Waals surface area contributed by atoms with Gasteiger partial charge in [-0.25, -0.2) is 4.79 Å². The van der Waals surface area contributed by atoms with E-state index >= 15 is 0 Å². The molecule has 0 spiro atoms. The number of halogens is 1. The molecule has 1 unspecified atom stereocenters. The van der Waals surface area contributed by atoms with E-state index in [2.05, 4.69) is 11.3 Å². The van der Waals surface area contributed by atoms with Gasteiger partial charge in [-0.1, -0.05) is 18.2 Å². The molecule has 1 rings (SSSR count). The molecule has 18 heavy (non-hydrogen) atoms. The molecule has 0 aliphatic carbocycles. The molecule has 1 atom stereocenters. The second-order valence-corrected chi connectivity index (χ2v) is 3.60. The summed E-state index contributed by atoms with van der Waals surface area (Å²) in [5.41, 5.74) is -0.335. The van der Waals surface area contributed by atoms with E-state index in [-0.39, 0.29) is 16.5 Å². The summed E-state index contributed by atoms with van der Waals surface area (Å²) in [5.74, 6) is -0.783. The Morgan fingerprint density at radius 3 is 2.78 bits per heavy atom. The lowest BCUT2D eigenvalue weighted by atomic mass is 10.3. The molecule has 0 bridgehead atoms. The summed E-state index contributed by atoms with van der Waals surface area (Å²) in [6.45, 7) is 3.40. The third kappa shape index (κ3) is 3.21. The molecule has 0 heterocycles. The van der Waals surface area contributed by atoms with Crippen molar-refractivity contribution in [1.82, 2.24) is 0 Å². The Morgan fingerprint density at radius 2 is 2.28 bits per heavy atom. The van der Waals surface area contributed by atoms with Gasteiger partial charge in [0.2, 0.25) is 6.10 Å². The van der Waals surface area contributed by atoms with Crippen LogP contribution in [-0.2, 0) is 9.53 Å². The summed E-state index contributed by atoms with van der Waals surface area (Å²) < 4.78 is 9.64. The molecule has 0 aliphatic rings. The molecule has 0 aromatic heterocycles. The first-order chi connectivity index (χ1) is 8.49. The van der Waals surface area contributed by atoms with Crippen LogP contribution >= 0.6 is 11.6 Å². The standard InChI is InChI=1S/C11H10ClNO5/c1-3-9(11(14)17-2)18-10-5-4-7(12)6-8(10)13(15)16/h3-6,9H,1H2,2H3. The fourth-order valence-electron chi connectivity index (χ4n) is 1.18. The summed E-state index contributed by atoms with van der Waals surface area (Å²) in [4.78, 5) is 21.4. The van der Waals surface area contributed by atoms with Gasteiger partial charge in [0.05, 0.1) is 12.0 Å². The lowest BCUT2D eigenvalue weighted by Crippen LogP contribution is -2.26. The van der Waals surface area contributed by atoms with Crippen molar-refractivity contribution in [2.24, 2.45) is 0 Å². The minimum atomic E-state index is -1.12. The number of nitro benzene ring substituents is 1. The molecule has 1 aromatic rings. The molecule has 0 N–H and O–H groups in total. The Balaban J connectivity index is 3.06. The topological polar surface area (TPSA) is 78.7 Å². The first-order valence-corrected chi connectivity index (χ1v) is 5.18. The molecule has 0 aliphatic heterocycles. The molecular weight excluding hydrogens is 262 g/mol. The number of carbonyl (C=O) groups is 1. The van der Waals surface area contributed by atoms with Crippen LogP contribution in [0.15, 0.2) is 30.9 Å². The molecule has 96 valence electrons. The molecule has 0 amide bonds. The van der Waals surface area contributed by atoms with Gasteiger partial charge >= 0.3 is 11.7 Å². The number of benzene rings is 1. The van der Waals surface area contributed by atoms with Crippen LogP contribution in [0.4, 0.5) is 5.69 Å². The smallest absolute Gasteiger partial charge is 0.351 e. The summed E-state index contributed by atoms with van der Waals surface area (Å²) in [5, 5.41) is 11.0. The van der Waals surface area contributed by atoms with Crippen molar-refractivity contribution in [3.8, 4) is 5.75 Å². The van der Waals surface area contributed by atoms with Crippen LogP contribution in [0.2, 0.25) is 5.02 Å². The average Bonchev–Trinajstić information content (AvgIpc) is 2.36. The van der Waals surface area contributed by atoms with Crippen molar-refractivity contribution in [2.45, 2.75) is 6.10 Å². The van der Waals surface area contributed by atoms with Crippen LogP contribution in [0.1, 0.15) is 0 Å². The summed E-state index contributed by atoms with van der Waals surface area (Å²) in [7, 11) is 1.18. The second kappa shape index (κ2) is 6.02. The largest absolute Gasteiger partial charge is 0.467 e. The van der Waals surface area contributed by atoms with Gasteiger partial charge in [0, 0.05) is 11.1 Å². The third-order valence-electron chi connectivity index (χ3n) is 2.02. The van der Waals surface area contributed by atoms with Gasteiger partial charge in [0.15, 0.2) is 5.75 Å². The molecule has 1 aromatic carbocycles. The van der Waals surface area contributed by atoms with E-state index in [0.717, 1.165) is 6.07 Å². The Kier molecular flexibility index (Phi) is 4.67. The number of rotatable bonds is 5. The maximum absolute atomic E-state index is 11.3. The molecule has 0 fully saturated rings. The van der Waals surface area contributed by atoms with Crippen LogP contribution in [0.25, 0.3) is 0 Å². The molecular formula is C11H10ClNO5. The lowest BCUT2D eigenvalue weighted by molar-refractivity contribution is -0.385. The van der Waals surface area contributed by atoms with E-state index in [0.29, 0.717) is 0 Å². The summed E-state index contributed by atoms with van der Waals surface area (Å²) in [6.07, 6.45) is 0.0688. The van der Waals surface area contributed by atoms with Crippen LogP contribution in [0, 0.1) is 10.1 Å². The predicted molar refractivity (Wildman–Crippen MR) is 64.7 cm³/mol. The van der Waals surface area contributed by atoms with Crippen LogP contribution < -0.4 is 4.74 Å². The van der Waals surface area contributed by atoms with Gasteiger partial charge in [-0.15, -0.1) is 0 Å². The van der Waals surface area contributed by atoms with Crippen molar-refractivity contribution in [3.63, 3.8) is 0 Å². The third-order valence-corrected chi connectivity index (χ3v) is 2.25. The average molecular weight is 272 g/mol. The fraction of sp³-hybridized carbons (Fsp3) is 0.182. The van der Waals surface area contributed by atoms with Gasteiger partial charge in [0.1, 0.15) is 0 Å². The van der Waals surface area contributed by atoms with E-state index in [1.54, 1.807) is 0 Å². The number of methoxy groups -OCH3 is 1. The zero-order valence-corrected chi connectivity index (χ0v) is 10.2. The number of esters is 1. The van der Waals surface area contributed by atoms with Crippen molar-refractivity contribution >= 4 is 23.3 Å². The molecule has 6 nitrogen and oxygen atoms in total. The highest BCUT2D eigenvalue weighted by molar-refractivity contribution is 6.30. The number of ether oxygens (including phenoxy) is 2. The Morgan fingerprint density at radius 1 is 1.61 bits per heavy atom. The van der Waals surface area contributed by atoms with E-state index in [9.17, 15) is 14.9 Å². The first kappa shape index (κ1) is 14.0. The van der Waals surface area contributed by atoms with Gasteiger partial charge in [-0.05, 0) is 18.2 Å². The van der Waals surface area contributed by atoms with E-state index in [4.69, 9.17) is 16.3 Å². The maximum atomic E-state index is 11.3. The van der Waals surface area contributed by atoms with E-state index in [1.165, 1.54) is 25.3 Å². The normalized spacial score (nSPS) is 11.4. The number of nitrogens with zero attached hydrogens (tertiary/aromatic N) is 1. The maximum Gasteiger partial charge on any atom is 0.351 e. The van der Waals surface area contributed by atoms with E-state index in [1.807, 2.05) is 0 Å². The Labute approximate surface area is 108 Å². The number of hydrogen-bond acceptors (Lipinski definition) is 5. The monoisotopic (exact) mass is 271 g/mol. The van der Waals surface area contributed by atoms with Gasteiger partial charge < -0.3 is 9.47 Å².